The van der Waals surface area contributed by atoms with Gasteiger partial charge in [-0.3, -0.25) is 4.79 Å². The number of carbonyl (C=O) groups is 1. The molecule has 0 spiro atoms. The SMILES string of the molecule is CC(C)Nc1c(C(=O)NC2CCNCC2)cnc2c1Oc1cc(C#N)ccc1O2. The number of nitrogens with zero attached hydrogens (tertiary/aromatic N) is 2. The summed E-state index contributed by atoms with van der Waals surface area (Å²) < 4.78 is 11.9. The molecular weight excluding hydrogens is 370 g/mol. The summed E-state index contributed by atoms with van der Waals surface area (Å²) in [6, 6.07) is 7.21. The molecule has 8 nitrogen and oxygen atoms in total. The first-order chi connectivity index (χ1) is 14.0. The lowest BCUT2D eigenvalue weighted by atomic mass is 10.1. The van der Waals surface area contributed by atoms with E-state index in [9.17, 15) is 4.79 Å². The molecule has 29 heavy (non-hydrogen) atoms. The van der Waals surface area contributed by atoms with Gasteiger partial charge in [0.1, 0.15) is 0 Å². The van der Waals surface area contributed by atoms with Crippen LogP contribution >= 0.6 is 0 Å². The molecule has 0 bridgehead atoms. The number of amides is 1. The Hall–Kier alpha value is -3.31. The molecule has 2 aliphatic heterocycles. The van der Waals surface area contributed by atoms with E-state index in [0.29, 0.717) is 34.1 Å². The number of benzene rings is 1. The van der Waals surface area contributed by atoms with Crippen molar-refractivity contribution in [1.82, 2.24) is 15.6 Å². The Labute approximate surface area is 169 Å². The molecule has 1 amide bonds. The second-order valence-electron chi connectivity index (χ2n) is 7.46. The molecule has 0 unspecified atom stereocenters. The molecule has 1 fully saturated rings. The number of rotatable bonds is 4. The van der Waals surface area contributed by atoms with Gasteiger partial charge in [-0.15, -0.1) is 0 Å². The number of hydrogen-bond acceptors (Lipinski definition) is 7. The molecule has 1 aromatic carbocycles. The third-order valence-corrected chi connectivity index (χ3v) is 4.85. The third-order valence-electron chi connectivity index (χ3n) is 4.85. The Morgan fingerprint density at radius 3 is 2.79 bits per heavy atom. The highest BCUT2D eigenvalue weighted by molar-refractivity contribution is 6.01. The van der Waals surface area contributed by atoms with Crippen LogP contribution in [0.1, 0.15) is 42.6 Å². The van der Waals surface area contributed by atoms with Crippen LogP contribution in [0.15, 0.2) is 24.4 Å². The quantitative estimate of drug-likeness (QED) is 0.625. The predicted octanol–water partition coefficient (Wildman–Crippen LogP) is 3.15. The van der Waals surface area contributed by atoms with E-state index in [0.717, 1.165) is 25.9 Å². The van der Waals surface area contributed by atoms with Crippen molar-refractivity contribution < 1.29 is 14.3 Å². The molecule has 0 aliphatic carbocycles. The molecule has 2 aliphatic rings. The lowest BCUT2D eigenvalue weighted by molar-refractivity contribution is 0.0929. The first-order valence-electron chi connectivity index (χ1n) is 9.76. The molecule has 3 N–H and O–H groups in total. The highest BCUT2D eigenvalue weighted by Gasteiger charge is 2.29. The number of aromatic nitrogens is 1. The summed E-state index contributed by atoms with van der Waals surface area (Å²) in [4.78, 5) is 17.3. The zero-order valence-corrected chi connectivity index (χ0v) is 16.4. The normalized spacial score (nSPS) is 15.4. The Morgan fingerprint density at radius 1 is 1.28 bits per heavy atom. The zero-order valence-electron chi connectivity index (χ0n) is 16.4. The maximum Gasteiger partial charge on any atom is 0.265 e. The Kier molecular flexibility index (Phi) is 5.23. The lowest BCUT2D eigenvalue weighted by Gasteiger charge is -2.26. The molecule has 8 heteroatoms. The molecule has 0 atom stereocenters. The number of pyridine rings is 1. The second kappa shape index (κ2) is 7.97. The van der Waals surface area contributed by atoms with E-state index in [1.807, 2.05) is 13.8 Å². The average molecular weight is 393 g/mol. The summed E-state index contributed by atoms with van der Waals surface area (Å²) >= 11 is 0. The average Bonchev–Trinajstić information content (AvgIpc) is 2.72. The number of hydrogen-bond donors (Lipinski definition) is 3. The van der Waals surface area contributed by atoms with Gasteiger partial charge >= 0.3 is 0 Å². The maximum atomic E-state index is 13.0. The van der Waals surface area contributed by atoms with Crippen LogP contribution in [0.5, 0.6) is 23.1 Å². The van der Waals surface area contributed by atoms with Gasteiger partial charge in [0.25, 0.3) is 11.8 Å². The van der Waals surface area contributed by atoms with Crippen molar-refractivity contribution in [2.45, 2.75) is 38.8 Å². The predicted molar refractivity (Wildman–Crippen MR) is 108 cm³/mol. The van der Waals surface area contributed by atoms with Crippen LogP contribution in [-0.2, 0) is 0 Å². The highest BCUT2D eigenvalue weighted by atomic mass is 16.6. The zero-order chi connectivity index (χ0) is 20.4. The van der Waals surface area contributed by atoms with E-state index >= 15 is 0 Å². The summed E-state index contributed by atoms with van der Waals surface area (Å²) in [5.41, 5.74) is 1.39. The minimum absolute atomic E-state index is 0.0578. The Morgan fingerprint density at radius 2 is 2.07 bits per heavy atom. The van der Waals surface area contributed by atoms with Gasteiger partial charge in [-0.2, -0.15) is 5.26 Å². The number of ether oxygens (including phenoxy) is 2. The van der Waals surface area contributed by atoms with Crippen molar-refractivity contribution in [3.05, 3.63) is 35.5 Å². The van der Waals surface area contributed by atoms with E-state index in [1.165, 1.54) is 6.20 Å². The minimum atomic E-state index is -0.199. The fraction of sp³-hybridized carbons (Fsp3) is 0.381. The van der Waals surface area contributed by atoms with Gasteiger partial charge in [-0.25, -0.2) is 4.98 Å². The Bertz CT molecular complexity index is 977. The fourth-order valence-electron chi connectivity index (χ4n) is 3.43. The highest BCUT2D eigenvalue weighted by Crippen LogP contribution is 2.49. The van der Waals surface area contributed by atoms with Crippen molar-refractivity contribution in [3.8, 4) is 29.2 Å². The molecule has 0 saturated carbocycles. The summed E-state index contributed by atoms with van der Waals surface area (Å²) in [6.45, 7) is 5.73. The summed E-state index contributed by atoms with van der Waals surface area (Å²) in [7, 11) is 0. The first kappa shape index (κ1) is 19.0. The van der Waals surface area contributed by atoms with Gasteiger partial charge in [0.15, 0.2) is 11.5 Å². The molecule has 3 heterocycles. The number of fused-ring (bicyclic) bond motifs is 2. The number of piperidine rings is 1. The summed E-state index contributed by atoms with van der Waals surface area (Å²) in [6.07, 6.45) is 3.29. The summed E-state index contributed by atoms with van der Waals surface area (Å²) in [5.74, 6) is 1.33. The fourth-order valence-corrected chi connectivity index (χ4v) is 3.43. The number of carbonyl (C=O) groups excluding carboxylic acids is 1. The van der Waals surface area contributed by atoms with Crippen molar-refractivity contribution >= 4 is 11.6 Å². The van der Waals surface area contributed by atoms with Crippen LogP contribution in [-0.4, -0.2) is 36.1 Å². The monoisotopic (exact) mass is 393 g/mol. The van der Waals surface area contributed by atoms with Gasteiger partial charge in [0.05, 0.1) is 22.9 Å². The van der Waals surface area contributed by atoms with Crippen molar-refractivity contribution in [2.24, 2.45) is 0 Å². The molecule has 0 radical (unpaired) electrons. The topological polar surface area (TPSA) is 108 Å². The van der Waals surface area contributed by atoms with Crippen LogP contribution in [0.2, 0.25) is 0 Å². The van der Waals surface area contributed by atoms with Crippen molar-refractivity contribution in [2.75, 3.05) is 18.4 Å². The van der Waals surface area contributed by atoms with Gasteiger partial charge in [0, 0.05) is 24.3 Å². The smallest absolute Gasteiger partial charge is 0.265 e. The van der Waals surface area contributed by atoms with Crippen LogP contribution in [0.3, 0.4) is 0 Å². The van der Waals surface area contributed by atoms with Gasteiger partial charge < -0.3 is 25.4 Å². The lowest BCUT2D eigenvalue weighted by Crippen LogP contribution is -2.43. The Balaban J connectivity index is 1.69. The van der Waals surface area contributed by atoms with Gasteiger partial charge in [-0.05, 0) is 51.9 Å². The van der Waals surface area contributed by atoms with Crippen LogP contribution in [0, 0.1) is 11.3 Å². The molecule has 150 valence electrons. The van der Waals surface area contributed by atoms with Crippen LogP contribution in [0.4, 0.5) is 5.69 Å². The molecule has 2 aromatic rings. The van der Waals surface area contributed by atoms with E-state index < -0.39 is 0 Å². The standard InChI is InChI=1S/C21H23N5O3/c1-12(2)25-18-15(20(27)26-14-5-7-23-8-6-14)11-24-21-19(18)28-17-9-13(10-22)3-4-16(17)29-21/h3-4,9,11-12,14,23H,5-8H2,1-2H3,(H,24,25)(H,26,27). The molecule has 4 rings (SSSR count). The second-order valence-corrected chi connectivity index (χ2v) is 7.46. The van der Waals surface area contributed by atoms with Crippen LogP contribution < -0.4 is 25.4 Å². The number of nitrogens with one attached hydrogen (secondary N) is 3. The molecular formula is C21H23N5O3. The van der Waals surface area contributed by atoms with Crippen LogP contribution in [0.25, 0.3) is 0 Å². The first-order valence-corrected chi connectivity index (χ1v) is 9.76. The van der Waals surface area contributed by atoms with E-state index in [-0.39, 0.29) is 23.9 Å². The molecule has 1 aromatic heterocycles. The van der Waals surface area contributed by atoms with E-state index in [1.54, 1.807) is 18.2 Å². The third kappa shape index (κ3) is 3.96. The molecule has 1 saturated heterocycles. The van der Waals surface area contributed by atoms with E-state index in [4.69, 9.17) is 14.7 Å². The number of anilines is 1. The minimum Gasteiger partial charge on any atom is -0.445 e. The van der Waals surface area contributed by atoms with Gasteiger partial charge in [-0.1, -0.05) is 0 Å². The van der Waals surface area contributed by atoms with Crippen molar-refractivity contribution in [1.29, 1.82) is 5.26 Å². The maximum absolute atomic E-state index is 13.0. The largest absolute Gasteiger partial charge is 0.445 e. The summed E-state index contributed by atoms with van der Waals surface area (Å²) in [5, 5.41) is 18.8. The number of nitriles is 1. The van der Waals surface area contributed by atoms with Gasteiger partial charge in [0.2, 0.25) is 5.75 Å². The van der Waals surface area contributed by atoms with E-state index in [2.05, 4.69) is 27.0 Å². The van der Waals surface area contributed by atoms with Crippen molar-refractivity contribution in [3.63, 3.8) is 0 Å².